The van der Waals surface area contributed by atoms with Crippen molar-refractivity contribution in [1.29, 1.82) is 5.26 Å². The van der Waals surface area contributed by atoms with Crippen LogP contribution in [0.3, 0.4) is 0 Å². The van der Waals surface area contributed by atoms with Crippen LogP contribution in [0.25, 0.3) is 0 Å². The minimum Gasteiger partial charge on any atom is -0.467 e. The smallest absolute Gasteiger partial charge is 0.328 e. The van der Waals surface area contributed by atoms with Crippen LogP contribution in [0.4, 0.5) is 5.69 Å². The van der Waals surface area contributed by atoms with Crippen molar-refractivity contribution in [1.82, 2.24) is 5.32 Å². The van der Waals surface area contributed by atoms with Gasteiger partial charge in [-0.1, -0.05) is 19.1 Å². The zero-order valence-corrected chi connectivity index (χ0v) is 12.8. The Morgan fingerprint density at radius 1 is 1.48 bits per heavy atom. The first-order valence-corrected chi connectivity index (χ1v) is 6.86. The molecule has 8 heteroatoms. The Labute approximate surface area is 133 Å². The van der Waals surface area contributed by atoms with Gasteiger partial charge in [-0.2, -0.15) is 5.26 Å². The largest absolute Gasteiger partial charge is 0.467 e. The molecule has 0 spiro atoms. The fraction of sp³-hybridized carbons (Fsp3) is 0.400. The molecule has 0 aromatic heterocycles. The van der Waals surface area contributed by atoms with Crippen LogP contribution in [0, 0.1) is 27.4 Å². The quantitative estimate of drug-likeness (QED) is 0.460. The molecule has 1 aromatic carbocycles. The topological polar surface area (TPSA) is 122 Å². The van der Waals surface area contributed by atoms with Crippen molar-refractivity contribution in [3.63, 3.8) is 0 Å². The van der Waals surface area contributed by atoms with Gasteiger partial charge in [0.2, 0.25) is 5.91 Å². The lowest BCUT2D eigenvalue weighted by Gasteiger charge is -2.21. The highest BCUT2D eigenvalue weighted by molar-refractivity contribution is 5.85. The summed E-state index contributed by atoms with van der Waals surface area (Å²) < 4.78 is 4.63. The van der Waals surface area contributed by atoms with Crippen molar-refractivity contribution >= 4 is 17.6 Å². The SMILES string of the molecule is COC(=O)[C@@H](NC(=O)Cc1cccc([N+](=O)[O-])c1)[C@@H](C)CC#N. The molecule has 0 fully saturated rings. The molecule has 1 N–H and O–H groups in total. The van der Waals surface area contributed by atoms with E-state index in [2.05, 4.69) is 10.1 Å². The number of rotatable bonds is 7. The van der Waals surface area contributed by atoms with Crippen LogP contribution in [-0.4, -0.2) is 30.0 Å². The Kier molecular flexibility index (Phi) is 6.68. The van der Waals surface area contributed by atoms with Crippen LogP contribution in [0.1, 0.15) is 18.9 Å². The lowest BCUT2D eigenvalue weighted by molar-refractivity contribution is -0.384. The Hall–Kier alpha value is -2.95. The standard InChI is InChI=1S/C15H17N3O5/c1-10(6-7-16)14(15(20)23-2)17-13(19)9-11-4-3-5-12(8-11)18(21)22/h3-5,8,10,14H,6,9H2,1-2H3,(H,17,19)/t10-,14-/m0/s1. The lowest BCUT2D eigenvalue weighted by Crippen LogP contribution is -2.46. The number of methoxy groups -OCH3 is 1. The number of esters is 1. The van der Waals surface area contributed by atoms with E-state index in [0.717, 1.165) is 0 Å². The summed E-state index contributed by atoms with van der Waals surface area (Å²) in [5.74, 6) is -1.53. The van der Waals surface area contributed by atoms with Gasteiger partial charge in [0.05, 0.1) is 24.5 Å². The minimum absolute atomic E-state index is 0.0802. The van der Waals surface area contributed by atoms with Crippen LogP contribution in [-0.2, 0) is 20.7 Å². The van der Waals surface area contributed by atoms with Crippen LogP contribution in [0.2, 0.25) is 0 Å². The van der Waals surface area contributed by atoms with E-state index >= 15 is 0 Å². The number of benzene rings is 1. The van der Waals surface area contributed by atoms with Gasteiger partial charge < -0.3 is 10.1 Å². The maximum absolute atomic E-state index is 12.1. The van der Waals surface area contributed by atoms with E-state index in [-0.39, 0.29) is 18.5 Å². The molecule has 1 aromatic rings. The second-order valence-corrected chi connectivity index (χ2v) is 5.01. The normalized spacial score (nSPS) is 12.6. The highest BCUT2D eigenvalue weighted by atomic mass is 16.6. The molecular weight excluding hydrogens is 302 g/mol. The van der Waals surface area contributed by atoms with Gasteiger partial charge in [0.25, 0.3) is 5.69 Å². The number of non-ortho nitro benzene ring substituents is 1. The Morgan fingerprint density at radius 3 is 2.74 bits per heavy atom. The minimum atomic E-state index is -0.939. The molecule has 1 amide bonds. The van der Waals surface area contributed by atoms with Gasteiger partial charge in [-0.25, -0.2) is 4.79 Å². The van der Waals surface area contributed by atoms with Crippen molar-refractivity contribution in [3.05, 3.63) is 39.9 Å². The first-order valence-electron chi connectivity index (χ1n) is 6.86. The van der Waals surface area contributed by atoms with E-state index in [1.165, 1.54) is 25.3 Å². The summed E-state index contributed by atoms with van der Waals surface area (Å²) in [5.41, 5.74) is 0.339. The first-order chi connectivity index (χ1) is 10.9. The highest BCUT2D eigenvalue weighted by Crippen LogP contribution is 2.14. The molecule has 1 rings (SSSR count). The summed E-state index contributed by atoms with van der Waals surface area (Å²) in [7, 11) is 1.20. The number of nitrogens with zero attached hydrogens (tertiary/aromatic N) is 2. The number of amides is 1. The number of hydrogen-bond donors (Lipinski definition) is 1. The number of nitro groups is 1. The highest BCUT2D eigenvalue weighted by Gasteiger charge is 2.27. The summed E-state index contributed by atoms with van der Waals surface area (Å²) in [6, 6.07) is 6.69. The van der Waals surface area contributed by atoms with Gasteiger partial charge in [0.1, 0.15) is 6.04 Å². The van der Waals surface area contributed by atoms with Gasteiger partial charge in [-0.3, -0.25) is 14.9 Å². The van der Waals surface area contributed by atoms with Crippen LogP contribution in [0.5, 0.6) is 0 Å². The van der Waals surface area contributed by atoms with Gasteiger partial charge >= 0.3 is 5.97 Å². The van der Waals surface area contributed by atoms with E-state index in [1.54, 1.807) is 13.0 Å². The first kappa shape index (κ1) is 18.1. The van der Waals surface area contributed by atoms with Crippen molar-refractivity contribution < 1.29 is 19.2 Å². The van der Waals surface area contributed by atoms with E-state index in [1.807, 2.05) is 6.07 Å². The van der Waals surface area contributed by atoms with Crippen LogP contribution >= 0.6 is 0 Å². The average Bonchev–Trinajstić information content (AvgIpc) is 2.52. The molecule has 23 heavy (non-hydrogen) atoms. The molecule has 0 unspecified atom stereocenters. The van der Waals surface area contributed by atoms with Gasteiger partial charge in [0, 0.05) is 24.5 Å². The third-order valence-corrected chi connectivity index (χ3v) is 3.24. The molecule has 0 aliphatic heterocycles. The molecular formula is C15H17N3O5. The summed E-state index contributed by atoms with van der Waals surface area (Å²) in [6.45, 7) is 1.65. The number of nitrogens with one attached hydrogen (secondary N) is 1. The number of carbonyl (C=O) groups excluding carboxylic acids is 2. The van der Waals surface area contributed by atoms with Gasteiger partial charge in [0.15, 0.2) is 0 Å². The zero-order chi connectivity index (χ0) is 17.4. The zero-order valence-electron chi connectivity index (χ0n) is 12.8. The van der Waals surface area contributed by atoms with Crippen LogP contribution in [0.15, 0.2) is 24.3 Å². The molecule has 0 saturated carbocycles. The number of carbonyl (C=O) groups is 2. The molecule has 0 radical (unpaired) electrons. The van der Waals surface area contributed by atoms with Gasteiger partial charge in [-0.05, 0) is 5.56 Å². The molecule has 0 aliphatic rings. The molecule has 2 atom stereocenters. The number of nitriles is 1. The maximum Gasteiger partial charge on any atom is 0.328 e. The van der Waals surface area contributed by atoms with Gasteiger partial charge in [-0.15, -0.1) is 0 Å². The second kappa shape index (κ2) is 8.48. The van der Waals surface area contributed by atoms with E-state index in [0.29, 0.717) is 5.56 Å². The van der Waals surface area contributed by atoms with E-state index < -0.39 is 28.8 Å². The summed E-state index contributed by atoms with van der Waals surface area (Å²) in [6.07, 6.45) is -0.0364. The predicted molar refractivity (Wildman–Crippen MR) is 80.1 cm³/mol. The molecule has 122 valence electrons. The number of ether oxygens (including phenoxy) is 1. The third-order valence-electron chi connectivity index (χ3n) is 3.24. The Balaban J connectivity index is 2.79. The maximum atomic E-state index is 12.1. The summed E-state index contributed by atoms with van der Waals surface area (Å²) in [5, 5.41) is 21.9. The summed E-state index contributed by atoms with van der Waals surface area (Å²) in [4.78, 5) is 34.0. The Bertz CT molecular complexity index is 638. The van der Waals surface area contributed by atoms with Crippen molar-refractivity contribution in [2.24, 2.45) is 5.92 Å². The van der Waals surface area contributed by atoms with E-state index in [4.69, 9.17) is 5.26 Å². The molecule has 0 aliphatic carbocycles. The van der Waals surface area contributed by atoms with Crippen molar-refractivity contribution in [3.8, 4) is 6.07 Å². The monoisotopic (exact) mass is 319 g/mol. The number of hydrogen-bond acceptors (Lipinski definition) is 6. The fourth-order valence-corrected chi connectivity index (χ4v) is 2.01. The molecule has 8 nitrogen and oxygen atoms in total. The van der Waals surface area contributed by atoms with Crippen molar-refractivity contribution in [2.75, 3.05) is 7.11 Å². The second-order valence-electron chi connectivity index (χ2n) is 5.01. The number of nitro benzene ring substituents is 1. The average molecular weight is 319 g/mol. The van der Waals surface area contributed by atoms with Crippen LogP contribution < -0.4 is 5.32 Å². The predicted octanol–water partition coefficient (Wildman–Crippen LogP) is 1.34. The molecule has 0 bridgehead atoms. The summed E-state index contributed by atoms with van der Waals surface area (Å²) >= 11 is 0. The molecule has 0 heterocycles. The van der Waals surface area contributed by atoms with E-state index in [9.17, 15) is 19.7 Å². The Morgan fingerprint density at radius 2 is 2.17 bits per heavy atom. The third kappa shape index (κ3) is 5.39. The fourth-order valence-electron chi connectivity index (χ4n) is 2.01. The molecule has 0 saturated heterocycles. The van der Waals surface area contributed by atoms with Crippen molar-refractivity contribution in [2.45, 2.75) is 25.8 Å². The lowest BCUT2D eigenvalue weighted by atomic mass is 9.98.